The third kappa shape index (κ3) is 3.95. The van der Waals surface area contributed by atoms with Crippen molar-refractivity contribution < 1.29 is 9.66 Å². The highest BCUT2D eigenvalue weighted by Crippen LogP contribution is 2.17. The zero-order chi connectivity index (χ0) is 15.2. The lowest BCUT2D eigenvalue weighted by Crippen LogP contribution is -2.12. The Morgan fingerprint density at radius 2 is 2.10 bits per heavy atom. The maximum atomic E-state index is 10.5. The van der Waals surface area contributed by atoms with Crippen LogP contribution in [0.25, 0.3) is 0 Å². The van der Waals surface area contributed by atoms with Crippen LogP contribution in [0.15, 0.2) is 30.5 Å². The third-order valence-corrected chi connectivity index (χ3v) is 2.97. The molecule has 112 valence electrons. The van der Waals surface area contributed by atoms with Crippen LogP contribution in [0, 0.1) is 10.1 Å². The van der Waals surface area contributed by atoms with E-state index in [-0.39, 0.29) is 5.69 Å². The van der Waals surface area contributed by atoms with Crippen molar-refractivity contribution in [1.29, 1.82) is 0 Å². The topological polar surface area (TPSA) is 82.2 Å². The van der Waals surface area contributed by atoms with Gasteiger partial charge >= 0.3 is 0 Å². The molecule has 7 nitrogen and oxygen atoms in total. The highest BCUT2D eigenvalue weighted by Gasteiger charge is 2.06. The Balaban J connectivity index is 1.80. The van der Waals surface area contributed by atoms with Crippen LogP contribution in [0.4, 0.5) is 11.4 Å². The fraction of sp³-hybridized carbons (Fsp3) is 0.357. The van der Waals surface area contributed by atoms with Gasteiger partial charge in [-0.1, -0.05) is 6.92 Å². The molecule has 2 rings (SSSR count). The summed E-state index contributed by atoms with van der Waals surface area (Å²) in [6, 6.07) is 6.05. The number of benzene rings is 1. The summed E-state index contributed by atoms with van der Waals surface area (Å²) in [6.07, 6.45) is 2.80. The molecule has 0 aliphatic carbocycles. The van der Waals surface area contributed by atoms with Gasteiger partial charge in [0, 0.05) is 31.9 Å². The molecule has 0 aliphatic rings. The Labute approximate surface area is 122 Å². The summed E-state index contributed by atoms with van der Waals surface area (Å²) in [6.45, 7) is 3.16. The van der Waals surface area contributed by atoms with E-state index in [0.717, 1.165) is 17.8 Å². The summed E-state index contributed by atoms with van der Waals surface area (Å²) in [5.74, 6) is 0.615. The molecule has 0 spiro atoms. The maximum Gasteiger partial charge on any atom is 0.269 e. The number of nitrogens with one attached hydrogen (secondary N) is 1. The number of nitro benzene ring substituents is 1. The number of anilines is 1. The van der Waals surface area contributed by atoms with Crippen molar-refractivity contribution in [3.63, 3.8) is 0 Å². The molecule has 0 fully saturated rings. The lowest BCUT2D eigenvalue weighted by Gasteiger charge is -2.08. The van der Waals surface area contributed by atoms with Crippen LogP contribution in [0.1, 0.15) is 12.6 Å². The van der Waals surface area contributed by atoms with Crippen LogP contribution in [0.3, 0.4) is 0 Å². The normalized spacial score (nSPS) is 10.4. The van der Waals surface area contributed by atoms with E-state index < -0.39 is 4.92 Å². The lowest BCUT2D eigenvalue weighted by atomic mass is 10.3. The molecular weight excluding hydrogens is 272 g/mol. The Bertz CT molecular complexity index is 607. The Morgan fingerprint density at radius 1 is 1.38 bits per heavy atom. The summed E-state index contributed by atoms with van der Waals surface area (Å²) >= 11 is 0. The van der Waals surface area contributed by atoms with Gasteiger partial charge in [0.25, 0.3) is 5.69 Å². The van der Waals surface area contributed by atoms with Crippen LogP contribution < -0.4 is 10.1 Å². The van der Waals surface area contributed by atoms with Crippen LogP contribution in [0.5, 0.6) is 5.75 Å². The van der Waals surface area contributed by atoms with Gasteiger partial charge in [-0.2, -0.15) is 5.10 Å². The summed E-state index contributed by atoms with van der Waals surface area (Å²) < 4.78 is 7.31. The van der Waals surface area contributed by atoms with E-state index >= 15 is 0 Å². The first-order valence-corrected chi connectivity index (χ1v) is 6.73. The number of aromatic nitrogens is 2. The SMILES string of the molecule is CCc1nn(C)cc1NCCOc1ccc([N+](=O)[O-])cc1. The molecule has 0 aliphatic heterocycles. The minimum absolute atomic E-state index is 0.0587. The van der Waals surface area contributed by atoms with Crippen molar-refractivity contribution in [2.45, 2.75) is 13.3 Å². The number of hydrogen-bond acceptors (Lipinski definition) is 5. The van der Waals surface area contributed by atoms with E-state index in [2.05, 4.69) is 17.3 Å². The monoisotopic (exact) mass is 290 g/mol. The molecular formula is C14H18N4O3. The van der Waals surface area contributed by atoms with Gasteiger partial charge in [0.1, 0.15) is 12.4 Å². The number of nitro groups is 1. The molecule has 1 aromatic carbocycles. The first-order valence-electron chi connectivity index (χ1n) is 6.73. The van der Waals surface area contributed by atoms with Crippen LogP contribution in [-0.2, 0) is 13.5 Å². The first kappa shape index (κ1) is 14.8. The maximum absolute atomic E-state index is 10.5. The van der Waals surface area contributed by atoms with Crippen molar-refractivity contribution >= 4 is 11.4 Å². The number of rotatable bonds is 7. The minimum Gasteiger partial charge on any atom is -0.492 e. The van der Waals surface area contributed by atoms with Crippen molar-refractivity contribution in [2.75, 3.05) is 18.5 Å². The van der Waals surface area contributed by atoms with Gasteiger partial charge in [-0.25, -0.2) is 0 Å². The van der Waals surface area contributed by atoms with E-state index in [1.54, 1.807) is 16.8 Å². The van der Waals surface area contributed by atoms with Crippen molar-refractivity contribution in [3.05, 3.63) is 46.3 Å². The molecule has 1 heterocycles. The second-order valence-electron chi connectivity index (χ2n) is 4.54. The molecule has 1 aromatic heterocycles. The number of aryl methyl sites for hydroxylation is 2. The Kier molecular flexibility index (Phi) is 4.76. The first-order chi connectivity index (χ1) is 10.1. The van der Waals surface area contributed by atoms with Gasteiger partial charge in [-0.3, -0.25) is 14.8 Å². The molecule has 0 unspecified atom stereocenters. The lowest BCUT2D eigenvalue weighted by molar-refractivity contribution is -0.384. The van der Waals surface area contributed by atoms with Crippen LogP contribution in [-0.4, -0.2) is 27.9 Å². The highest BCUT2D eigenvalue weighted by molar-refractivity contribution is 5.46. The Hall–Kier alpha value is -2.57. The zero-order valence-corrected chi connectivity index (χ0v) is 12.1. The summed E-state index contributed by atoms with van der Waals surface area (Å²) in [4.78, 5) is 10.1. The molecule has 0 atom stereocenters. The largest absolute Gasteiger partial charge is 0.492 e. The second-order valence-corrected chi connectivity index (χ2v) is 4.54. The van der Waals surface area contributed by atoms with Gasteiger partial charge in [0.15, 0.2) is 0 Å². The van der Waals surface area contributed by atoms with Crippen LogP contribution >= 0.6 is 0 Å². The van der Waals surface area contributed by atoms with Crippen molar-refractivity contribution in [3.8, 4) is 5.75 Å². The molecule has 2 aromatic rings. The Morgan fingerprint density at radius 3 is 2.71 bits per heavy atom. The third-order valence-electron chi connectivity index (χ3n) is 2.97. The summed E-state index contributed by atoms with van der Waals surface area (Å²) in [5.41, 5.74) is 2.09. The predicted molar refractivity (Wildman–Crippen MR) is 79.7 cm³/mol. The van der Waals surface area contributed by atoms with E-state index in [1.807, 2.05) is 13.2 Å². The van der Waals surface area contributed by atoms with Crippen LogP contribution in [0.2, 0.25) is 0 Å². The average molecular weight is 290 g/mol. The smallest absolute Gasteiger partial charge is 0.269 e. The molecule has 21 heavy (non-hydrogen) atoms. The highest BCUT2D eigenvalue weighted by atomic mass is 16.6. The van der Waals surface area contributed by atoms with E-state index in [0.29, 0.717) is 18.9 Å². The predicted octanol–water partition coefficient (Wildman–Crippen LogP) is 2.38. The molecule has 0 saturated carbocycles. The fourth-order valence-electron chi connectivity index (χ4n) is 1.96. The molecule has 0 bridgehead atoms. The van der Waals surface area contributed by atoms with E-state index in [1.165, 1.54) is 12.1 Å². The van der Waals surface area contributed by atoms with Crippen molar-refractivity contribution in [2.24, 2.45) is 7.05 Å². The molecule has 7 heteroatoms. The number of nitrogens with zero attached hydrogens (tertiary/aromatic N) is 3. The van der Waals surface area contributed by atoms with Gasteiger partial charge in [-0.05, 0) is 18.6 Å². The van der Waals surface area contributed by atoms with Gasteiger partial charge in [0.05, 0.1) is 16.3 Å². The second kappa shape index (κ2) is 6.74. The quantitative estimate of drug-likeness (QED) is 0.481. The number of non-ortho nitro benzene ring substituents is 1. The molecule has 0 saturated heterocycles. The molecule has 0 radical (unpaired) electrons. The number of ether oxygens (including phenoxy) is 1. The average Bonchev–Trinajstić information content (AvgIpc) is 2.84. The van der Waals surface area contributed by atoms with Gasteiger partial charge in [0.2, 0.25) is 0 Å². The molecule has 0 amide bonds. The van der Waals surface area contributed by atoms with Gasteiger partial charge in [-0.15, -0.1) is 0 Å². The minimum atomic E-state index is -0.431. The molecule has 1 N–H and O–H groups in total. The fourth-order valence-corrected chi connectivity index (χ4v) is 1.96. The summed E-state index contributed by atoms with van der Waals surface area (Å²) in [5, 5.41) is 18.1. The van der Waals surface area contributed by atoms with E-state index in [9.17, 15) is 10.1 Å². The van der Waals surface area contributed by atoms with Crippen molar-refractivity contribution in [1.82, 2.24) is 9.78 Å². The summed E-state index contributed by atoms with van der Waals surface area (Å²) in [7, 11) is 1.89. The van der Waals surface area contributed by atoms with Gasteiger partial charge < -0.3 is 10.1 Å². The standard InChI is InChI=1S/C14H18N4O3/c1-3-13-14(10-17(2)16-13)15-8-9-21-12-6-4-11(5-7-12)18(19)20/h4-7,10,15H,3,8-9H2,1-2H3. The van der Waals surface area contributed by atoms with E-state index in [4.69, 9.17) is 4.74 Å². The number of hydrogen-bond donors (Lipinski definition) is 1. The zero-order valence-electron chi connectivity index (χ0n) is 12.1.